The zero-order valence-corrected chi connectivity index (χ0v) is 5.02. The fourth-order valence-electron chi connectivity index (χ4n) is 0.302. The van der Waals surface area contributed by atoms with Crippen molar-refractivity contribution in [2.75, 3.05) is 13.2 Å². The average molecular weight is 148 g/mol. The lowest BCUT2D eigenvalue weighted by atomic mass is 10.6. The van der Waals surface area contributed by atoms with Gasteiger partial charge in [0.1, 0.15) is 0 Å². The third-order valence-electron chi connectivity index (χ3n) is 0.659. The van der Waals surface area contributed by atoms with Crippen LogP contribution in [0.25, 0.3) is 0 Å². The van der Waals surface area contributed by atoms with Crippen molar-refractivity contribution < 1.29 is 19.6 Å². The number of aliphatic hydroxyl groups is 1. The van der Waals surface area contributed by atoms with E-state index in [9.17, 15) is 14.9 Å². The van der Waals surface area contributed by atoms with Gasteiger partial charge in [0.15, 0.2) is 0 Å². The highest BCUT2D eigenvalue weighted by molar-refractivity contribution is 5.54. The molecule has 1 unspecified atom stereocenters. The molecule has 1 radical (unpaired) electrons. The van der Waals surface area contributed by atoms with Crippen LogP contribution in [0.2, 0.25) is 0 Å². The van der Waals surface area contributed by atoms with Crippen LogP contribution in [0.4, 0.5) is 0 Å². The molecule has 6 heteroatoms. The summed E-state index contributed by atoms with van der Waals surface area (Å²) in [7, 11) is 0. The van der Waals surface area contributed by atoms with Gasteiger partial charge >= 0.3 is 12.5 Å². The lowest BCUT2D eigenvalue weighted by Gasteiger charge is -1.99. The van der Waals surface area contributed by atoms with Crippen molar-refractivity contribution in [2.24, 2.45) is 0 Å². The topological polar surface area (TPSA) is 89.7 Å². The minimum atomic E-state index is -1.77. The molecule has 0 aliphatic heterocycles. The van der Waals surface area contributed by atoms with E-state index in [-0.39, 0.29) is 13.2 Å². The second-order valence-electron chi connectivity index (χ2n) is 1.35. The molecule has 1 atom stereocenters. The number of aliphatic hydroxyl groups excluding tert-OH is 1. The first-order chi connectivity index (χ1) is 4.72. The van der Waals surface area contributed by atoms with E-state index in [0.717, 1.165) is 6.29 Å². The van der Waals surface area contributed by atoms with E-state index >= 15 is 0 Å². The normalized spacial score (nSPS) is 12.5. The molecule has 1 N–H and O–H groups in total. The fourth-order valence-corrected chi connectivity index (χ4v) is 0.302. The Morgan fingerprint density at radius 3 is 2.70 bits per heavy atom. The lowest BCUT2D eigenvalue weighted by Crippen LogP contribution is -2.25. The quantitative estimate of drug-likeness (QED) is 0.297. The number of rotatable bonds is 5. The van der Waals surface area contributed by atoms with Crippen LogP contribution in [0.1, 0.15) is 0 Å². The molecule has 0 saturated carbocycles. The van der Waals surface area contributed by atoms with Gasteiger partial charge < -0.3 is 9.84 Å². The van der Waals surface area contributed by atoms with Gasteiger partial charge in [0, 0.05) is 0 Å². The number of carbonyl (C=O) groups excluding carboxylic acids is 1. The highest BCUT2D eigenvalue weighted by Crippen LogP contribution is 1.87. The van der Waals surface area contributed by atoms with E-state index in [1.54, 1.807) is 0 Å². The van der Waals surface area contributed by atoms with Gasteiger partial charge in [0.2, 0.25) is 0 Å². The van der Waals surface area contributed by atoms with Crippen LogP contribution in [0.3, 0.4) is 0 Å². The standard InChI is InChI=1S/C4H6NO5/c6-1-2-10-4(3-7)5(8)9/h4,6H,1-2H2. The number of ether oxygens (including phenoxy) is 1. The summed E-state index contributed by atoms with van der Waals surface area (Å²) >= 11 is 0. The second-order valence-corrected chi connectivity index (χ2v) is 1.35. The summed E-state index contributed by atoms with van der Waals surface area (Å²) in [6, 6.07) is 0. The Balaban J connectivity index is 3.60. The van der Waals surface area contributed by atoms with E-state index in [2.05, 4.69) is 4.74 Å². The summed E-state index contributed by atoms with van der Waals surface area (Å²) in [5.41, 5.74) is 0. The predicted octanol–water partition coefficient (Wildman–Crippen LogP) is -1.29. The Labute approximate surface area is 56.6 Å². The van der Waals surface area contributed by atoms with Gasteiger partial charge in [0.25, 0.3) is 0 Å². The summed E-state index contributed by atoms with van der Waals surface area (Å²) in [4.78, 5) is 18.5. The Bertz CT molecular complexity index is 125. The Hall–Kier alpha value is -1.01. The largest absolute Gasteiger partial charge is 0.394 e. The van der Waals surface area contributed by atoms with Gasteiger partial charge in [-0.15, -0.1) is 0 Å². The summed E-state index contributed by atoms with van der Waals surface area (Å²) in [5.74, 6) is 0. The Morgan fingerprint density at radius 2 is 2.40 bits per heavy atom. The molecule has 0 bridgehead atoms. The minimum Gasteiger partial charge on any atom is -0.394 e. The number of hydrogen-bond donors (Lipinski definition) is 1. The van der Waals surface area contributed by atoms with Gasteiger partial charge in [-0.25, -0.2) is 0 Å². The van der Waals surface area contributed by atoms with E-state index in [4.69, 9.17) is 5.11 Å². The first kappa shape index (κ1) is 8.99. The summed E-state index contributed by atoms with van der Waals surface area (Å²) in [5, 5.41) is 17.9. The molecule has 0 amide bonds. The fraction of sp³-hybridized carbons (Fsp3) is 0.750. The molecule has 0 rings (SSSR count). The molecule has 0 aliphatic carbocycles. The number of nitrogens with zero attached hydrogens (tertiary/aromatic N) is 1. The van der Waals surface area contributed by atoms with E-state index < -0.39 is 11.2 Å². The maximum Gasteiger partial charge on any atom is 0.383 e. The molecule has 10 heavy (non-hydrogen) atoms. The van der Waals surface area contributed by atoms with Crippen molar-refractivity contribution in [1.82, 2.24) is 0 Å². The van der Waals surface area contributed by atoms with Crippen molar-refractivity contribution in [2.45, 2.75) is 6.23 Å². The minimum absolute atomic E-state index is 0.235. The first-order valence-corrected chi connectivity index (χ1v) is 2.46. The van der Waals surface area contributed by atoms with Gasteiger partial charge in [-0.3, -0.25) is 14.9 Å². The molecule has 57 valence electrons. The van der Waals surface area contributed by atoms with E-state index in [1.807, 2.05) is 0 Å². The molecule has 0 aromatic heterocycles. The third-order valence-corrected chi connectivity index (χ3v) is 0.659. The lowest BCUT2D eigenvalue weighted by molar-refractivity contribution is -0.553. The van der Waals surface area contributed by atoms with Crippen LogP contribution in [0.15, 0.2) is 0 Å². The van der Waals surface area contributed by atoms with Crippen LogP contribution in [-0.4, -0.2) is 35.8 Å². The number of hydrogen-bond acceptors (Lipinski definition) is 5. The Morgan fingerprint density at radius 1 is 1.80 bits per heavy atom. The van der Waals surface area contributed by atoms with Gasteiger partial charge in [-0.05, 0) is 0 Å². The van der Waals surface area contributed by atoms with Crippen molar-refractivity contribution >= 4 is 6.29 Å². The maximum atomic E-state index is 9.77. The highest BCUT2D eigenvalue weighted by atomic mass is 16.7. The maximum absolute atomic E-state index is 9.77. The molecule has 0 heterocycles. The molecule has 0 aliphatic rings. The smallest absolute Gasteiger partial charge is 0.383 e. The van der Waals surface area contributed by atoms with Crippen LogP contribution >= 0.6 is 0 Å². The summed E-state index contributed by atoms with van der Waals surface area (Å²) in [6.07, 6.45) is -0.717. The molecular weight excluding hydrogens is 142 g/mol. The van der Waals surface area contributed by atoms with Gasteiger partial charge in [0.05, 0.1) is 18.1 Å². The molecular formula is C4H6NO5. The Kier molecular flexibility index (Phi) is 4.34. The summed E-state index contributed by atoms with van der Waals surface area (Å²) < 4.78 is 4.23. The second kappa shape index (κ2) is 4.83. The van der Waals surface area contributed by atoms with Crippen LogP contribution in [-0.2, 0) is 9.53 Å². The van der Waals surface area contributed by atoms with Crippen molar-refractivity contribution in [3.8, 4) is 0 Å². The monoisotopic (exact) mass is 148 g/mol. The molecule has 0 spiro atoms. The molecule has 0 fully saturated rings. The van der Waals surface area contributed by atoms with Crippen LogP contribution < -0.4 is 0 Å². The molecule has 0 aromatic carbocycles. The molecule has 0 saturated heterocycles. The third kappa shape index (κ3) is 3.10. The van der Waals surface area contributed by atoms with Crippen molar-refractivity contribution in [3.05, 3.63) is 10.1 Å². The summed E-state index contributed by atoms with van der Waals surface area (Å²) in [6.45, 7) is -0.590. The van der Waals surface area contributed by atoms with Crippen LogP contribution in [0, 0.1) is 10.1 Å². The average Bonchev–Trinajstić information content (AvgIpc) is 1.89. The highest BCUT2D eigenvalue weighted by Gasteiger charge is 2.19. The zero-order chi connectivity index (χ0) is 7.98. The predicted molar refractivity (Wildman–Crippen MR) is 29.5 cm³/mol. The van der Waals surface area contributed by atoms with E-state index in [1.165, 1.54) is 0 Å². The molecule has 6 nitrogen and oxygen atoms in total. The molecule has 0 aromatic rings. The van der Waals surface area contributed by atoms with E-state index in [0.29, 0.717) is 0 Å². The number of nitro groups is 1. The van der Waals surface area contributed by atoms with Crippen molar-refractivity contribution in [1.29, 1.82) is 0 Å². The van der Waals surface area contributed by atoms with Crippen LogP contribution in [0.5, 0.6) is 0 Å². The first-order valence-electron chi connectivity index (χ1n) is 2.46. The van der Waals surface area contributed by atoms with Gasteiger partial charge in [-0.1, -0.05) is 0 Å². The van der Waals surface area contributed by atoms with Gasteiger partial charge in [-0.2, -0.15) is 0 Å². The van der Waals surface area contributed by atoms with Crippen molar-refractivity contribution in [3.63, 3.8) is 0 Å². The zero-order valence-electron chi connectivity index (χ0n) is 5.02. The SMILES string of the molecule is O=[C]C(OCCO)[N+](=O)[O-].